The van der Waals surface area contributed by atoms with Crippen LogP contribution in [0.4, 0.5) is 19.0 Å². The van der Waals surface area contributed by atoms with E-state index in [9.17, 15) is 23.1 Å². The Bertz CT molecular complexity index is 995. The number of benzene rings is 1. The number of H-pyrrole nitrogens is 1. The van der Waals surface area contributed by atoms with Crippen molar-refractivity contribution in [1.82, 2.24) is 10.2 Å². The molecule has 0 radical (unpaired) electrons. The molecular formula is C20H20F3N5O2. The van der Waals surface area contributed by atoms with Crippen LogP contribution in [0.3, 0.4) is 0 Å². The fourth-order valence-electron chi connectivity index (χ4n) is 3.52. The Morgan fingerprint density at radius 1 is 1.23 bits per heavy atom. The van der Waals surface area contributed by atoms with Crippen molar-refractivity contribution in [3.8, 4) is 0 Å². The van der Waals surface area contributed by atoms with Crippen LogP contribution in [0.5, 0.6) is 0 Å². The maximum absolute atomic E-state index is 13.5. The zero-order valence-corrected chi connectivity index (χ0v) is 15.9. The molecular weight excluding hydrogens is 399 g/mol. The average Bonchev–Trinajstić information content (AvgIpc) is 3.21. The molecule has 30 heavy (non-hydrogen) atoms. The van der Waals surface area contributed by atoms with Gasteiger partial charge in [0, 0.05) is 42.1 Å². The summed E-state index contributed by atoms with van der Waals surface area (Å²) in [5.41, 5.74) is 1.04. The van der Waals surface area contributed by atoms with E-state index in [0.29, 0.717) is 30.9 Å². The molecule has 0 saturated carbocycles. The number of halogens is 3. The summed E-state index contributed by atoms with van der Waals surface area (Å²) in [6.45, 7) is -0.0368. The van der Waals surface area contributed by atoms with E-state index in [0.717, 1.165) is 24.6 Å². The van der Waals surface area contributed by atoms with Crippen LogP contribution in [-0.2, 0) is 11.2 Å². The molecule has 4 N–H and O–H groups in total. The third-order valence-corrected chi connectivity index (χ3v) is 5.04. The molecule has 1 aliphatic heterocycles. The van der Waals surface area contributed by atoms with Gasteiger partial charge in [0.05, 0.1) is 12.3 Å². The van der Waals surface area contributed by atoms with E-state index >= 15 is 0 Å². The predicted octanol–water partition coefficient (Wildman–Crippen LogP) is 2.86. The number of aromatic amines is 1. The van der Waals surface area contributed by atoms with E-state index in [-0.39, 0.29) is 29.0 Å². The fourth-order valence-corrected chi connectivity index (χ4v) is 3.52. The van der Waals surface area contributed by atoms with Crippen LogP contribution in [0.25, 0.3) is 5.57 Å². The zero-order chi connectivity index (χ0) is 21.8. The maximum Gasteiger partial charge on any atom is 0.231 e. The highest BCUT2D eigenvalue weighted by molar-refractivity contribution is 6.14. The van der Waals surface area contributed by atoms with Crippen LogP contribution in [0.2, 0.25) is 0 Å². The highest BCUT2D eigenvalue weighted by Gasteiger charge is 2.31. The van der Waals surface area contributed by atoms with Crippen molar-refractivity contribution in [2.24, 2.45) is 5.92 Å². The van der Waals surface area contributed by atoms with E-state index in [1.165, 1.54) is 11.0 Å². The lowest BCUT2D eigenvalue weighted by Crippen LogP contribution is -2.42. The number of carbonyl (C=O) groups excluding carboxylic acids is 1. The van der Waals surface area contributed by atoms with Gasteiger partial charge in [0.2, 0.25) is 5.91 Å². The minimum absolute atomic E-state index is 0.0643. The van der Waals surface area contributed by atoms with Gasteiger partial charge in [0.25, 0.3) is 0 Å². The van der Waals surface area contributed by atoms with E-state index in [4.69, 9.17) is 10.8 Å². The van der Waals surface area contributed by atoms with Gasteiger partial charge in [-0.3, -0.25) is 14.8 Å². The first-order valence-electron chi connectivity index (χ1n) is 9.25. The van der Waals surface area contributed by atoms with Crippen LogP contribution in [0.15, 0.2) is 23.8 Å². The van der Waals surface area contributed by atoms with Gasteiger partial charge in [-0.15, -0.1) is 0 Å². The second-order valence-electron chi connectivity index (χ2n) is 6.93. The molecule has 1 atom stereocenters. The minimum atomic E-state index is -1.54. The molecule has 158 valence electrons. The lowest BCUT2D eigenvalue weighted by molar-refractivity contribution is -0.123. The van der Waals surface area contributed by atoms with Crippen molar-refractivity contribution in [1.29, 1.82) is 10.8 Å². The number of anilines is 1. The molecule has 1 amide bonds. The first kappa shape index (κ1) is 21.4. The molecule has 0 bridgehead atoms. The van der Waals surface area contributed by atoms with Gasteiger partial charge >= 0.3 is 0 Å². The first-order chi connectivity index (χ1) is 14.4. The van der Waals surface area contributed by atoms with Crippen molar-refractivity contribution < 1.29 is 23.1 Å². The van der Waals surface area contributed by atoms with Crippen LogP contribution in [-0.4, -0.2) is 46.8 Å². The lowest BCUT2D eigenvalue weighted by Gasteiger charge is -2.30. The van der Waals surface area contributed by atoms with Crippen molar-refractivity contribution in [2.75, 3.05) is 18.1 Å². The predicted molar refractivity (Wildman–Crippen MR) is 105 cm³/mol. The molecule has 1 fully saturated rings. The second-order valence-corrected chi connectivity index (χ2v) is 6.93. The number of amides is 1. The van der Waals surface area contributed by atoms with Gasteiger partial charge < -0.3 is 15.9 Å². The third kappa shape index (κ3) is 4.18. The summed E-state index contributed by atoms with van der Waals surface area (Å²) in [4.78, 5) is 14.4. The monoisotopic (exact) mass is 419 g/mol. The smallest absolute Gasteiger partial charge is 0.231 e. The van der Waals surface area contributed by atoms with Gasteiger partial charge in [0.15, 0.2) is 23.3 Å². The largest absolute Gasteiger partial charge is 0.392 e. The normalized spacial score (nSPS) is 17.7. The van der Waals surface area contributed by atoms with Crippen molar-refractivity contribution in [3.63, 3.8) is 0 Å². The van der Waals surface area contributed by atoms with E-state index in [1.807, 2.05) is 0 Å². The third-order valence-electron chi connectivity index (χ3n) is 5.04. The molecule has 0 aliphatic carbocycles. The number of aromatic nitrogens is 2. The van der Waals surface area contributed by atoms with Crippen molar-refractivity contribution in [2.45, 2.75) is 19.3 Å². The fraction of sp³-hybridized carbons (Fsp3) is 0.300. The van der Waals surface area contributed by atoms with Gasteiger partial charge in [-0.2, -0.15) is 5.10 Å². The van der Waals surface area contributed by atoms with Gasteiger partial charge in [-0.1, -0.05) is 0 Å². The first-order valence-corrected chi connectivity index (χ1v) is 9.25. The Hall–Kier alpha value is -3.27. The summed E-state index contributed by atoms with van der Waals surface area (Å²) in [6, 6.07) is 3.33. The number of nitrogens with one attached hydrogen (secondary N) is 3. The molecule has 7 nitrogen and oxygen atoms in total. The van der Waals surface area contributed by atoms with Gasteiger partial charge in [0.1, 0.15) is 0 Å². The number of hydrogen-bond donors (Lipinski definition) is 4. The topological polar surface area (TPSA) is 117 Å². The zero-order valence-electron chi connectivity index (χ0n) is 15.9. The molecule has 1 saturated heterocycles. The lowest BCUT2D eigenvalue weighted by atomic mass is 9.90. The molecule has 1 aromatic heterocycles. The van der Waals surface area contributed by atoms with Crippen LogP contribution < -0.4 is 4.90 Å². The number of rotatable bonds is 7. The Labute approximate surface area is 170 Å². The molecule has 1 unspecified atom stereocenters. The van der Waals surface area contributed by atoms with Crippen molar-refractivity contribution >= 4 is 29.7 Å². The molecule has 2 aromatic rings. The Kier molecular flexibility index (Phi) is 6.46. The molecule has 0 spiro atoms. The minimum Gasteiger partial charge on any atom is -0.392 e. The SMILES string of the molecule is N=C/C(CO)=C(\C=N)c1cc(N2CCCC(Cc3cc(F)c(F)c(F)c3)C2=O)n[nH]1. The van der Waals surface area contributed by atoms with Crippen molar-refractivity contribution in [3.05, 3.63) is 52.5 Å². The summed E-state index contributed by atoms with van der Waals surface area (Å²) < 4.78 is 40.1. The van der Waals surface area contributed by atoms with E-state index < -0.39 is 30.0 Å². The molecule has 1 aliphatic rings. The van der Waals surface area contributed by atoms with E-state index in [1.54, 1.807) is 0 Å². The van der Waals surface area contributed by atoms with E-state index in [2.05, 4.69) is 10.2 Å². The molecule has 2 heterocycles. The Morgan fingerprint density at radius 3 is 2.53 bits per heavy atom. The van der Waals surface area contributed by atoms with Gasteiger partial charge in [-0.05, 0) is 37.0 Å². The number of nitrogens with zero attached hydrogens (tertiary/aromatic N) is 2. The highest BCUT2D eigenvalue weighted by atomic mass is 19.2. The quantitative estimate of drug-likeness (QED) is 0.408. The number of allylic oxidation sites excluding steroid dienone is 1. The summed E-state index contributed by atoms with van der Waals surface area (Å²) in [5.74, 6) is -4.65. The number of hydrogen-bond acceptors (Lipinski definition) is 5. The molecule has 1 aromatic carbocycles. The number of aliphatic hydroxyl groups excluding tert-OH is 1. The van der Waals surface area contributed by atoms with Crippen LogP contribution in [0.1, 0.15) is 24.1 Å². The Balaban J connectivity index is 1.82. The second kappa shape index (κ2) is 9.04. The summed E-state index contributed by atoms with van der Waals surface area (Å²) >= 11 is 0. The number of piperidine rings is 1. The van der Waals surface area contributed by atoms with Crippen LogP contribution in [0, 0.1) is 34.2 Å². The molecule has 3 rings (SSSR count). The summed E-state index contributed by atoms with van der Waals surface area (Å²) in [6.07, 6.45) is 3.13. The summed E-state index contributed by atoms with van der Waals surface area (Å²) in [5, 5.41) is 31.0. The van der Waals surface area contributed by atoms with Crippen LogP contribution >= 0.6 is 0 Å². The number of aliphatic hydroxyl groups is 1. The molecule has 10 heteroatoms. The number of carbonyl (C=O) groups is 1. The Morgan fingerprint density at radius 2 is 1.93 bits per heavy atom. The highest BCUT2D eigenvalue weighted by Crippen LogP contribution is 2.28. The summed E-state index contributed by atoms with van der Waals surface area (Å²) in [7, 11) is 0. The van der Waals surface area contributed by atoms with Gasteiger partial charge in [-0.25, -0.2) is 13.2 Å². The maximum atomic E-state index is 13.5. The standard InChI is InChI=1S/C20H20F3N5O2/c21-15-5-11(6-16(22)19(15)23)4-12-2-1-3-28(20(12)30)18-7-17(26-27-18)14(9-25)13(8-24)10-29/h5-9,12,24-25,29H,1-4,10H2,(H,26,27)/b14-13-,24-8?,25-9?. The average molecular weight is 419 g/mol.